The molecule has 4 N–H and O–H groups in total. The molecule has 0 fully saturated rings. The topological polar surface area (TPSA) is 104 Å². The number of hydrogen-bond donors (Lipinski definition) is 3. The van der Waals surface area contributed by atoms with Gasteiger partial charge in [-0.05, 0) is 41.5 Å². The van der Waals surface area contributed by atoms with Gasteiger partial charge in [-0.3, -0.25) is 5.84 Å². The summed E-state index contributed by atoms with van der Waals surface area (Å²) in [6.45, 7) is 12.7. The Morgan fingerprint density at radius 3 is 1.06 bits per heavy atom. The first-order chi connectivity index (χ1) is 6.80. The van der Waals surface area contributed by atoms with E-state index in [0.29, 0.717) is 0 Å². The second kappa shape index (κ2) is 5.81. The molecule has 0 aromatic rings. The molecule has 0 aliphatic rings. The second-order valence-corrected chi connectivity index (χ2v) is 5.32. The number of nitrogens with two attached hydrogens (primary N) is 1. The van der Waals surface area contributed by atoms with Crippen molar-refractivity contribution >= 4 is 11.9 Å². The first-order valence-corrected chi connectivity index (χ1v) is 4.81. The number of carbonyl (C=O) groups is 2. The number of carboxylic acid groups (broad SMARTS) is 2. The Morgan fingerprint density at radius 1 is 0.875 bits per heavy atom. The van der Waals surface area contributed by atoms with Crippen LogP contribution in [-0.2, 0) is 9.59 Å². The Hall–Kier alpha value is -1.14. The van der Waals surface area contributed by atoms with Gasteiger partial charge >= 0.3 is 11.9 Å². The third-order valence-corrected chi connectivity index (χ3v) is 1.63. The number of rotatable bonds is 0. The predicted octanol–water partition coefficient (Wildman–Crippen LogP) is 0.915. The van der Waals surface area contributed by atoms with Gasteiger partial charge in [0, 0.05) is 11.1 Å². The molecule has 0 spiro atoms. The predicted molar refractivity (Wildman–Crippen MR) is 60.8 cm³/mol. The van der Waals surface area contributed by atoms with Crippen LogP contribution in [0.1, 0.15) is 41.5 Å². The number of aliphatic carboxylic acids is 2. The monoisotopic (exact) mass is 234 g/mol. The van der Waals surface area contributed by atoms with Gasteiger partial charge < -0.3 is 10.2 Å². The fourth-order valence-corrected chi connectivity index (χ4v) is 1.01. The van der Waals surface area contributed by atoms with E-state index in [4.69, 9.17) is 25.6 Å². The third kappa shape index (κ3) is 8.19. The van der Waals surface area contributed by atoms with Gasteiger partial charge in [-0.15, -0.1) is 0 Å². The van der Waals surface area contributed by atoms with E-state index in [9.17, 15) is 0 Å². The van der Waals surface area contributed by atoms with Crippen LogP contribution in [0, 0.1) is 0 Å². The van der Waals surface area contributed by atoms with Crippen molar-refractivity contribution in [3.05, 3.63) is 0 Å². The lowest BCUT2D eigenvalue weighted by Crippen LogP contribution is -2.56. The number of hydrazine groups is 1. The van der Waals surface area contributed by atoms with E-state index in [0.717, 1.165) is 0 Å². The lowest BCUT2D eigenvalue weighted by atomic mass is 9.99. The van der Waals surface area contributed by atoms with Crippen molar-refractivity contribution in [2.75, 3.05) is 0 Å². The molecule has 0 saturated heterocycles. The van der Waals surface area contributed by atoms with Crippen LogP contribution in [0.15, 0.2) is 0 Å². The van der Waals surface area contributed by atoms with E-state index in [2.05, 4.69) is 41.5 Å². The molecule has 0 saturated carbocycles. The van der Waals surface area contributed by atoms with Gasteiger partial charge in [0.1, 0.15) is 0 Å². The third-order valence-electron chi connectivity index (χ3n) is 1.63. The molecule has 0 rings (SSSR count). The van der Waals surface area contributed by atoms with Crippen LogP contribution in [0.2, 0.25) is 0 Å². The first kappa shape index (κ1) is 17.3. The highest BCUT2D eigenvalue weighted by atomic mass is 16.4. The standard InChI is InChI=1S/C8H20N2.C2H2O4/c1-7(2,3)10(9)8(4,5)6;3-1(4)2(5)6/h9H2,1-6H3;(H,3,4)(H,5,6). The lowest BCUT2D eigenvalue weighted by molar-refractivity contribution is -0.159. The fourth-order valence-electron chi connectivity index (χ4n) is 1.01. The minimum atomic E-state index is -1.82. The molecule has 0 radical (unpaired) electrons. The van der Waals surface area contributed by atoms with Crippen LogP contribution in [-0.4, -0.2) is 38.2 Å². The molecule has 0 aliphatic heterocycles. The summed E-state index contributed by atoms with van der Waals surface area (Å²) in [6.07, 6.45) is 0. The quantitative estimate of drug-likeness (QED) is 0.327. The van der Waals surface area contributed by atoms with E-state index in [-0.39, 0.29) is 11.1 Å². The minimum Gasteiger partial charge on any atom is -0.473 e. The molecule has 96 valence electrons. The Bertz CT molecular complexity index is 225. The van der Waals surface area contributed by atoms with Gasteiger partial charge in [0.15, 0.2) is 0 Å². The highest BCUT2D eigenvalue weighted by Crippen LogP contribution is 2.19. The first-order valence-electron chi connectivity index (χ1n) is 4.81. The smallest absolute Gasteiger partial charge is 0.414 e. The summed E-state index contributed by atoms with van der Waals surface area (Å²) in [5, 5.41) is 16.7. The molecule has 0 amide bonds. The number of hydrogen-bond acceptors (Lipinski definition) is 4. The summed E-state index contributed by atoms with van der Waals surface area (Å²) in [4.78, 5) is 18.2. The highest BCUT2D eigenvalue weighted by molar-refractivity contribution is 6.27. The molecular formula is C10H22N2O4. The zero-order valence-electron chi connectivity index (χ0n) is 10.7. The molecule has 6 nitrogen and oxygen atoms in total. The Balaban J connectivity index is 0. The molecule has 0 aromatic carbocycles. The maximum Gasteiger partial charge on any atom is 0.414 e. The zero-order valence-corrected chi connectivity index (χ0v) is 10.7. The molecular weight excluding hydrogens is 212 g/mol. The Kier molecular flexibility index (Phi) is 6.27. The average molecular weight is 234 g/mol. The lowest BCUT2D eigenvalue weighted by Gasteiger charge is -2.41. The van der Waals surface area contributed by atoms with Crippen molar-refractivity contribution in [2.24, 2.45) is 5.84 Å². The normalized spacial score (nSPS) is 11.8. The summed E-state index contributed by atoms with van der Waals surface area (Å²) in [5.41, 5.74) is 0.108. The summed E-state index contributed by atoms with van der Waals surface area (Å²) < 4.78 is 0. The van der Waals surface area contributed by atoms with Crippen LogP contribution < -0.4 is 5.84 Å². The van der Waals surface area contributed by atoms with Gasteiger partial charge in [-0.1, -0.05) is 0 Å². The van der Waals surface area contributed by atoms with Crippen LogP contribution in [0.3, 0.4) is 0 Å². The maximum atomic E-state index is 9.10. The zero-order chi connectivity index (χ0) is 13.7. The highest BCUT2D eigenvalue weighted by Gasteiger charge is 2.28. The van der Waals surface area contributed by atoms with Crippen molar-refractivity contribution in [2.45, 2.75) is 52.6 Å². The Morgan fingerprint density at radius 2 is 1.06 bits per heavy atom. The van der Waals surface area contributed by atoms with Gasteiger partial charge in [0.05, 0.1) is 0 Å². The molecule has 16 heavy (non-hydrogen) atoms. The average Bonchev–Trinajstić information content (AvgIpc) is 2.00. The molecule has 0 unspecified atom stereocenters. The molecule has 0 aromatic heterocycles. The summed E-state index contributed by atoms with van der Waals surface area (Å²) in [5.74, 6) is 2.21. The number of carboxylic acids is 2. The van der Waals surface area contributed by atoms with Gasteiger partial charge in [-0.2, -0.15) is 0 Å². The maximum absolute atomic E-state index is 9.10. The summed E-state index contributed by atoms with van der Waals surface area (Å²) >= 11 is 0. The second-order valence-electron chi connectivity index (χ2n) is 5.32. The molecule has 0 aliphatic carbocycles. The van der Waals surface area contributed by atoms with Crippen molar-refractivity contribution in [1.29, 1.82) is 0 Å². The van der Waals surface area contributed by atoms with Crippen LogP contribution in [0.4, 0.5) is 0 Å². The molecule has 0 heterocycles. The Labute approximate surface area is 96.0 Å². The SMILES string of the molecule is CC(C)(C)N(N)C(C)(C)C.O=C(O)C(=O)O. The van der Waals surface area contributed by atoms with Crippen molar-refractivity contribution in [3.8, 4) is 0 Å². The molecule has 0 atom stereocenters. The summed E-state index contributed by atoms with van der Waals surface area (Å²) in [6, 6.07) is 0. The van der Waals surface area contributed by atoms with Gasteiger partial charge in [0.25, 0.3) is 0 Å². The van der Waals surface area contributed by atoms with E-state index in [1.165, 1.54) is 0 Å². The van der Waals surface area contributed by atoms with E-state index >= 15 is 0 Å². The van der Waals surface area contributed by atoms with E-state index in [1.54, 1.807) is 0 Å². The number of nitrogens with zero attached hydrogens (tertiary/aromatic N) is 1. The van der Waals surface area contributed by atoms with Crippen LogP contribution >= 0.6 is 0 Å². The summed E-state index contributed by atoms with van der Waals surface area (Å²) in [7, 11) is 0. The van der Waals surface area contributed by atoms with Crippen molar-refractivity contribution in [3.63, 3.8) is 0 Å². The minimum absolute atomic E-state index is 0.0538. The molecule has 6 heteroatoms. The fraction of sp³-hybridized carbons (Fsp3) is 0.800. The van der Waals surface area contributed by atoms with Crippen LogP contribution in [0.25, 0.3) is 0 Å². The van der Waals surface area contributed by atoms with Crippen molar-refractivity contribution in [1.82, 2.24) is 5.01 Å². The van der Waals surface area contributed by atoms with E-state index < -0.39 is 11.9 Å². The van der Waals surface area contributed by atoms with Gasteiger partial charge in [0.2, 0.25) is 0 Å². The van der Waals surface area contributed by atoms with Crippen LogP contribution in [0.5, 0.6) is 0 Å². The van der Waals surface area contributed by atoms with E-state index in [1.807, 2.05) is 5.01 Å². The van der Waals surface area contributed by atoms with Crippen molar-refractivity contribution < 1.29 is 19.8 Å². The molecule has 0 bridgehead atoms. The largest absolute Gasteiger partial charge is 0.473 e. The van der Waals surface area contributed by atoms with Gasteiger partial charge in [-0.25, -0.2) is 14.6 Å².